The Kier molecular flexibility index (Phi) is 8.29. The van der Waals surface area contributed by atoms with Crippen molar-refractivity contribution in [1.82, 2.24) is 20.2 Å². The Morgan fingerprint density at radius 2 is 1.94 bits per heavy atom. The van der Waals surface area contributed by atoms with E-state index < -0.39 is 0 Å². The van der Waals surface area contributed by atoms with Crippen LogP contribution in [0.3, 0.4) is 0 Å². The van der Waals surface area contributed by atoms with Gasteiger partial charge in [-0.1, -0.05) is 39.8 Å². The normalized spacial score (nSPS) is 11.3. The second-order valence-electron chi connectivity index (χ2n) is 6.65. The van der Waals surface area contributed by atoms with Crippen molar-refractivity contribution in [2.45, 2.75) is 25.5 Å². The number of hydrazone groups is 1. The molecule has 0 aliphatic rings. The van der Waals surface area contributed by atoms with Crippen molar-refractivity contribution in [3.63, 3.8) is 0 Å². The van der Waals surface area contributed by atoms with Crippen molar-refractivity contribution in [3.05, 3.63) is 52.5 Å². The molecule has 1 heterocycles. The molecule has 0 atom stereocenters. The summed E-state index contributed by atoms with van der Waals surface area (Å²) in [6.45, 7) is 4.50. The highest BCUT2D eigenvalue weighted by atomic mass is 79.9. The Hall–Kier alpha value is -2.85. The fourth-order valence-corrected chi connectivity index (χ4v) is 4.15. The highest BCUT2D eigenvalue weighted by Crippen LogP contribution is 2.32. The number of amides is 1. The van der Waals surface area contributed by atoms with E-state index in [1.54, 1.807) is 14.2 Å². The van der Waals surface area contributed by atoms with Gasteiger partial charge in [-0.15, -0.1) is 10.2 Å². The molecule has 3 aromatic rings. The molecule has 1 amide bonds. The SMILES string of the molecule is CCn1c(SCC(=O)NN=C(C)c2cccc(Br)c2)nnc1-c1ccc(OC)c(OC)c1. The first kappa shape index (κ1) is 23.8. The number of carbonyl (C=O) groups excluding carboxylic acids is 1. The molecule has 0 unspecified atom stereocenters. The summed E-state index contributed by atoms with van der Waals surface area (Å²) in [6, 6.07) is 13.3. The first-order valence-electron chi connectivity index (χ1n) is 9.84. The van der Waals surface area contributed by atoms with Crippen LogP contribution in [0.2, 0.25) is 0 Å². The fraction of sp³-hybridized carbons (Fsp3) is 0.273. The summed E-state index contributed by atoms with van der Waals surface area (Å²) in [6.07, 6.45) is 0. The lowest BCUT2D eigenvalue weighted by Gasteiger charge is -2.10. The number of ether oxygens (including phenoxy) is 2. The third-order valence-electron chi connectivity index (χ3n) is 4.60. The molecule has 0 fully saturated rings. The molecule has 3 rings (SSSR count). The Balaban J connectivity index is 1.68. The maximum Gasteiger partial charge on any atom is 0.250 e. The molecule has 0 aliphatic heterocycles. The van der Waals surface area contributed by atoms with Gasteiger partial charge in [-0.3, -0.25) is 4.79 Å². The third kappa shape index (κ3) is 5.68. The van der Waals surface area contributed by atoms with E-state index in [1.807, 2.05) is 60.9 Å². The average Bonchev–Trinajstić information content (AvgIpc) is 3.23. The topological polar surface area (TPSA) is 90.6 Å². The van der Waals surface area contributed by atoms with E-state index in [-0.39, 0.29) is 11.7 Å². The monoisotopic (exact) mass is 517 g/mol. The number of rotatable bonds is 9. The Bertz CT molecular complexity index is 1130. The Labute approximate surface area is 199 Å². The van der Waals surface area contributed by atoms with Gasteiger partial charge < -0.3 is 14.0 Å². The molecule has 0 spiro atoms. The summed E-state index contributed by atoms with van der Waals surface area (Å²) in [5, 5.41) is 13.4. The van der Waals surface area contributed by atoms with Crippen LogP contribution in [0.25, 0.3) is 11.4 Å². The molecule has 1 N–H and O–H groups in total. The maximum atomic E-state index is 12.3. The number of methoxy groups -OCH3 is 2. The summed E-state index contributed by atoms with van der Waals surface area (Å²) < 4.78 is 13.6. The molecule has 10 heteroatoms. The largest absolute Gasteiger partial charge is 0.493 e. The van der Waals surface area contributed by atoms with Gasteiger partial charge >= 0.3 is 0 Å². The number of benzene rings is 2. The second kappa shape index (κ2) is 11.1. The van der Waals surface area contributed by atoms with Gasteiger partial charge in [0, 0.05) is 16.6 Å². The predicted molar refractivity (Wildman–Crippen MR) is 129 cm³/mol. The van der Waals surface area contributed by atoms with Gasteiger partial charge in [0.2, 0.25) is 0 Å². The van der Waals surface area contributed by atoms with Gasteiger partial charge in [0.05, 0.1) is 25.7 Å². The molecule has 0 saturated heterocycles. The summed E-state index contributed by atoms with van der Waals surface area (Å²) in [5.74, 6) is 1.90. The smallest absolute Gasteiger partial charge is 0.250 e. The third-order valence-corrected chi connectivity index (χ3v) is 6.06. The Morgan fingerprint density at radius 3 is 2.62 bits per heavy atom. The number of hydrogen-bond donors (Lipinski definition) is 1. The van der Waals surface area contributed by atoms with Crippen molar-refractivity contribution in [2.75, 3.05) is 20.0 Å². The van der Waals surface area contributed by atoms with E-state index in [4.69, 9.17) is 9.47 Å². The van der Waals surface area contributed by atoms with Crippen LogP contribution in [0.1, 0.15) is 19.4 Å². The van der Waals surface area contributed by atoms with E-state index in [0.717, 1.165) is 21.3 Å². The van der Waals surface area contributed by atoms with Crippen molar-refractivity contribution in [3.8, 4) is 22.9 Å². The lowest BCUT2D eigenvalue weighted by molar-refractivity contribution is -0.118. The van der Waals surface area contributed by atoms with Crippen LogP contribution in [0, 0.1) is 0 Å². The summed E-state index contributed by atoms with van der Waals surface area (Å²) >= 11 is 4.74. The minimum absolute atomic E-state index is 0.166. The Morgan fingerprint density at radius 1 is 1.16 bits per heavy atom. The molecule has 1 aromatic heterocycles. The number of aromatic nitrogens is 3. The van der Waals surface area contributed by atoms with E-state index in [2.05, 4.69) is 36.7 Å². The highest BCUT2D eigenvalue weighted by molar-refractivity contribution is 9.10. The van der Waals surface area contributed by atoms with E-state index in [0.29, 0.717) is 29.0 Å². The molecule has 32 heavy (non-hydrogen) atoms. The number of nitrogens with zero attached hydrogens (tertiary/aromatic N) is 4. The predicted octanol–water partition coefficient (Wildman–Crippen LogP) is 4.38. The average molecular weight is 518 g/mol. The van der Waals surface area contributed by atoms with E-state index >= 15 is 0 Å². The van der Waals surface area contributed by atoms with Gasteiger partial charge in [0.25, 0.3) is 5.91 Å². The number of thioether (sulfide) groups is 1. The molecule has 0 aliphatic carbocycles. The van der Waals surface area contributed by atoms with E-state index in [1.165, 1.54) is 11.8 Å². The summed E-state index contributed by atoms with van der Waals surface area (Å²) in [5.41, 5.74) is 5.10. The van der Waals surface area contributed by atoms with Crippen molar-refractivity contribution < 1.29 is 14.3 Å². The summed E-state index contributed by atoms with van der Waals surface area (Å²) in [7, 11) is 3.18. The fourth-order valence-electron chi connectivity index (χ4n) is 2.96. The van der Waals surface area contributed by atoms with Gasteiger partial charge in [0.1, 0.15) is 0 Å². The van der Waals surface area contributed by atoms with Crippen LogP contribution >= 0.6 is 27.7 Å². The van der Waals surface area contributed by atoms with Gasteiger partial charge in [-0.2, -0.15) is 5.10 Å². The molecule has 0 saturated carbocycles. The van der Waals surface area contributed by atoms with Crippen molar-refractivity contribution in [2.24, 2.45) is 5.10 Å². The van der Waals surface area contributed by atoms with Gasteiger partial charge in [0.15, 0.2) is 22.5 Å². The molecular formula is C22H24BrN5O3S. The van der Waals surface area contributed by atoms with Gasteiger partial charge in [-0.05, 0) is 49.7 Å². The zero-order valence-corrected chi connectivity index (χ0v) is 20.7. The standard InChI is InChI=1S/C22H24BrN5O3S/c1-5-28-21(16-9-10-18(30-3)19(12-16)31-4)26-27-22(28)32-13-20(29)25-24-14(2)15-7-6-8-17(23)11-15/h6-12H,5,13H2,1-4H3,(H,25,29). The number of halogens is 1. The van der Waals surface area contributed by atoms with Crippen LogP contribution in [0.4, 0.5) is 0 Å². The van der Waals surface area contributed by atoms with Crippen LogP contribution in [-0.4, -0.2) is 46.4 Å². The van der Waals surface area contributed by atoms with Crippen LogP contribution in [-0.2, 0) is 11.3 Å². The molecule has 168 valence electrons. The zero-order valence-electron chi connectivity index (χ0n) is 18.3. The number of carbonyl (C=O) groups is 1. The maximum absolute atomic E-state index is 12.3. The molecule has 0 radical (unpaired) electrons. The molecule has 2 aromatic carbocycles. The first-order chi connectivity index (χ1) is 15.5. The van der Waals surface area contributed by atoms with Crippen molar-refractivity contribution in [1.29, 1.82) is 0 Å². The number of hydrogen-bond acceptors (Lipinski definition) is 7. The van der Waals surface area contributed by atoms with Crippen LogP contribution in [0.15, 0.2) is 57.2 Å². The van der Waals surface area contributed by atoms with Crippen LogP contribution < -0.4 is 14.9 Å². The van der Waals surface area contributed by atoms with Gasteiger partial charge in [-0.25, -0.2) is 5.43 Å². The zero-order chi connectivity index (χ0) is 23.1. The summed E-state index contributed by atoms with van der Waals surface area (Å²) in [4.78, 5) is 12.3. The molecule has 8 nitrogen and oxygen atoms in total. The highest BCUT2D eigenvalue weighted by Gasteiger charge is 2.16. The lowest BCUT2D eigenvalue weighted by Crippen LogP contribution is -2.21. The minimum Gasteiger partial charge on any atom is -0.493 e. The van der Waals surface area contributed by atoms with Crippen molar-refractivity contribution >= 4 is 39.3 Å². The molecule has 0 bridgehead atoms. The van der Waals surface area contributed by atoms with Crippen LogP contribution in [0.5, 0.6) is 11.5 Å². The lowest BCUT2D eigenvalue weighted by atomic mass is 10.1. The minimum atomic E-state index is -0.220. The second-order valence-corrected chi connectivity index (χ2v) is 8.51. The van der Waals surface area contributed by atoms with E-state index in [9.17, 15) is 4.79 Å². The first-order valence-corrected chi connectivity index (χ1v) is 11.6. The molecular weight excluding hydrogens is 494 g/mol. The number of nitrogens with one attached hydrogen (secondary N) is 1. The quantitative estimate of drug-likeness (QED) is 0.257.